The molecule has 3 rings (SSSR count). The van der Waals surface area contributed by atoms with Gasteiger partial charge in [-0.2, -0.15) is 0 Å². The van der Waals surface area contributed by atoms with E-state index >= 15 is 0 Å². The van der Waals surface area contributed by atoms with Crippen molar-refractivity contribution in [2.75, 3.05) is 13.7 Å². The van der Waals surface area contributed by atoms with Crippen molar-refractivity contribution < 1.29 is 9.53 Å². The molecule has 0 saturated heterocycles. The van der Waals surface area contributed by atoms with Gasteiger partial charge in [0.1, 0.15) is 17.8 Å². The minimum absolute atomic E-state index is 0.187. The summed E-state index contributed by atoms with van der Waals surface area (Å²) in [6.07, 6.45) is 0.562. The van der Waals surface area contributed by atoms with Crippen LogP contribution in [-0.4, -0.2) is 34.6 Å². The summed E-state index contributed by atoms with van der Waals surface area (Å²) >= 11 is 6.17. The van der Waals surface area contributed by atoms with Crippen molar-refractivity contribution in [1.82, 2.24) is 20.3 Å². The Labute approximate surface area is 154 Å². The molecule has 0 aliphatic heterocycles. The summed E-state index contributed by atoms with van der Waals surface area (Å²) < 4.78 is 6.16. The molecule has 3 aromatic rings. The zero-order valence-electron chi connectivity index (χ0n) is 14.1. The number of carbonyl (C=O) groups is 1. The number of hydrogen-bond donors (Lipinski definition) is 1. The lowest BCUT2D eigenvalue weighted by Gasteiger charge is -2.09. The molecule has 0 fully saturated rings. The predicted octanol–water partition coefficient (Wildman–Crippen LogP) is 1.81. The third kappa shape index (κ3) is 4.00. The molecule has 0 unspecified atom stereocenters. The van der Waals surface area contributed by atoms with Gasteiger partial charge in [-0.1, -0.05) is 35.0 Å². The number of aromatic nitrogens is 3. The van der Waals surface area contributed by atoms with Gasteiger partial charge in [-0.25, -0.2) is 4.68 Å². The molecule has 7 nitrogen and oxygen atoms in total. The molecule has 1 aromatic heterocycles. The number of nitrogens with zero attached hydrogens (tertiary/aromatic N) is 3. The van der Waals surface area contributed by atoms with Crippen LogP contribution in [0, 0.1) is 0 Å². The van der Waals surface area contributed by atoms with E-state index in [1.165, 1.54) is 0 Å². The van der Waals surface area contributed by atoms with Crippen molar-refractivity contribution in [3.63, 3.8) is 0 Å². The first-order chi connectivity index (χ1) is 12.6. The summed E-state index contributed by atoms with van der Waals surface area (Å²) in [5.74, 6) is 0.360. The Kier molecular flexibility index (Phi) is 5.48. The van der Waals surface area contributed by atoms with Gasteiger partial charge < -0.3 is 10.1 Å². The van der Waals surface area contributed by atoms with Gasteiger partial charge >= 0.3 is 0 Å². The monoisotopic (exact) mass is 372 g/mol. The standard InChI is InChI=1S/C18H17ClN4O3/c1-26-13-7-6-12(15(19)10-13)8-9-20-17(24)11-23-18(25)14-4-2-3-5-16(14)21-22-23/h2-7,10H,8-9,11H2,1H3,(H,20,24). The second-order valence-electron chi connectivity index (χ2n) is 5.63. The van der Waals surface area contributed by atoms with Crippen LogP contribution in [0.3, 0.4) is 0 Å². The molecule has 0 radical (unpaired) electrons. The van der Waals surface area contributed by atoms with Crippen molar-refractivity contribution >= 4 is 28.4 Å². The smallest absolute Gasteiger partial charge is 0.278 e. The second-order valence-corrected chi connectivity index (χ2v) is 6.03. The van der Waals surface area contributed by atoms with Gasteiger partial charge in [-0.3, -0.25) is 9.59 Å². The summed E-state index contributed by atoms with van der Waals surface area (Å²) in [4.78, 5) is 24.4. The minimum atomic E-state index is -0.344. The Morgan fingerprint density at radius 2 is 2.08 bits per heavy atom. The fourth-order valence-electron chi connectivity index (χ4n) is 2.51. The highest BCUT2D eigenvalue weighted by Gasteiger charge is 2.09. The fourth-order valence-corrected chi connectivity index (χ4v) is 2.78. The quantitative estimate of drug-likeness (QED) is 0.713. The lowest BCUT2D eigenvalue weighted by Crippen LogP contribution is -2.35. The zero-order valence-corrected chi connectivity index (χ0v) is 14.9. The van der Waals surface area contributed by atoms with Crippen LogP contribution in [0.5, 0.6) is 5.75 Å². The van der Waals surface area contributed by atoms with Gasteiger partial charge in [-0.05, 0) is 36.2 Å². The number of benzene rings is 2. The Balaban J connectivity index is 1.60. The second kappa shape index (κ2) is 7.97. The van der Waals surface area contributed by atoms with Crippen molar-refractivity contribution in [1.29, 1.82) is 0 Å². The van der Waals surface area contributed by atoms with E-state index in [0.29, 0.717) is 34.6 Å². The van der Waals surface area contributed by atoms with Crippen LogP contribution in [0.1, 0.15) is 5.56 Å². The van der Waals surface area contributed by atoms with Crippen LogP contribution >= 0.6 is 11.6 Å². The molecule has 0 spiro atoms. The van der Waals surface area contributed by atoms with Crippen molar-refractivity contribution in [3.05, 3.63) is 63.4 Å². The SMILES string of the molecule is COc1ccc(CCNC(=O)Cn2nnc3ccccc3c2=O)c(Cl)c1. The number of rotatable bonds is 6. The Morgan fingerprint density at radius 3 is 2.85 bits per heavy atom. The number of halogens is 1. The van der Waals surface area contributed by atoms with Crippen molar-refractivity contribution in [2.24, 2.45) is 0 Å². The van der Waals surface area contributed by atoms with E-state index in [1.54, 1.807) is 37.4 Å². The summed E-state index contributed by atoms with van der Waals surface area (Å²) in [7, 11) is 1.57. The van der Waals surface area contributed by atoms with Crippen molar-refractivity contribution in [2.45, 2.75) is 13.0 Å². The highest BCUT2D eigenvalue weighted by Crippen LogP contribution is 2.22. The molecular weight excluding hydrogens is 356 g/mol. The zero-order chi connectivity index (χ0) is 18.5. The topological polar surface area (TPSA) is 86.1 Å². The van der Waals surface area contributed by atoms with Gasteiger partial charge in [0.15, 0.2) is 0 Å². The van der Waals surface area contributed by atoms with Crippen LogP contribution < -0.4 is 15.6 Å². The summed E-state index contributed by atoms with van der Waals surface area (Å²) in [5.41, 5.74) is 1.06. The minimum Gasteiger partial charge on any atom is -0.497 e. The van der Waals surface area contributed by atoms with E-state index in [4.69, 9.17) is 16.3 Å². The predicted molar refractivity (Wildman–Crippen MR) is 98.5 cm³/mol. The number of amides is 1. The first-order valence-electron chi connectivity index (χ1n) is 8.00. The van der Waals surface area contributed by atoms with E-state index in [0.717, 1.165) is 10.2 Å². The molecule has 2 aromatic carbocycles. The van der Waals surface area contributed by atoms with Gasteiger partial charge in [-0.15, -0.1) is 5.10 Å². The molecule has 0 bridgehead atoms. The number of carbonyl (C=O) groups excluding carboxylic acids is 1. The van der Waals surface area contributed by atoms with Crippen LogP contribution in [0.4, 0.5) is 0 Å². The van der Waals surface area contributed by atoms with Gasteiger partial charge in [0, 0.05) is 11.6 Å². The summed E-state index contributed by atoms with van der Waals surface area (Å²) in [5, 5.41) is 11.5. The van der Waals surface area contributed by atoms with E-state index in [-0.39, 0.29) is 18.0 Å². The van der Waals surface area contributed by atoms with Crippen LogP contribution in [0.2, 0.25) is 5.02 Å². The Bertz CT molecular complexity index is 1000. The number of methoxy groups -OCH3 is 1. The lowest BCUT2D eigenvalue weighted by molar-refractivity contribution is -0.121. The van der Waals surface area contributed by atoms with Crippen LogP contribution in [-0.2, 0) is 17.8 Å². The molecule has 0 atom stereocenters. The third-order valence-electron chi connectivity index (χ3n) is 3.90. The number of fused-ring (bicyclic) bond motifs is 1. The average Bonchev–Trinajstić information content (AvgIpc) is 2.65. The maximum Gasteiger partial charge on any atom is 0.278 e. The summed E-state index contributed by atoms with van der Waals surface area (Å²) in [6.45, 7) is 0.202. The van der Waals surface area contributed by atoms with Crippen LogP contribution in [0.25, 0.3) is 10.9 Å². The number of ether oxygens (including phenoxy) is 1. The van der Waals surface area contributed by atoms with E-state index in [1.807, 2.05) is 12.1 Å². The lowest BCUT2D eigenvalue weighted by atomic mass is 10.1. The average molecular weight is 373 g/mol. The Hall–Kier alpha value is -2.93. The van der Waals surface area contributed by atoms with Crippen molar-refractivity contribution in [3.8, 4) is 5.75 Å². The normalized spacial score (nSPS) is 10.7. The summed E-state index contributed by atoms with van der Waals surface area (Å²) in [6, 6.07) is 12.3. The molecule has 1 amide bonds. The maximum atomic E-state index is 12.3. The molecular formula is C18H17ClN4O3. The Morgan fingerprint density at radius 1 is 1.27 bits per heavy atom. The van der Waals surface area contributed by atoms with E-state index in [9.17, 15) is 9.59 Å². The van der Waals surface area contributed by atoms with Gasteiger partial charge in [0.05, 0.1) is 12.5 Å². The van der Waals surface area contributed by atoms with Gasteiger partial charge in [0.2, 0.25) is 5.91 Å². The van der Waals surface area contributed by atoms with E-state index < -0.39 is 0 Å². The molecule has 1 heterocycles. The number of hydrogen-bond acceptors (Lipinski definition) is 5. The molecule has 0 saturated carbocycles. The molecule has 134 valence electrons. The highest BCUT2D eigenvalue weighted by molar-refractivity contribution is 6.31. The molecule has 26 heavy (non-hydrogen) atoms. The molecule has 1 N–H and O–H groups in total. The van der Waals surface area contributed by atoms with Crippen LogP contribution in [0.15, 0.2) is 47.3 Å². The molecule has 0 aliphatic carbocycles. The first-order valence-corrected chi connectivity index (χ1v) is 8.38. The molecule has 8 heteroatoms. The fraction of sp³-hybridized carbons (Fsp3) is 0.222. The van der Waals surface area contributed by atoms with E-state index in [2.05, 4.69) is 15.6 Å². The van der Waals surface area contributed by atoms with Gasteiger partial charge in [0.25, 0.3) is 5.56 Å². The molecule has 0 aliphatic rings. The maximum absolute atomic E-state index is 12.3. The highest BCUT2D eigenvalue weighted by atomic mass is 35.5. The largest absolute Gasteiger partial charge is 0.497 e. The third-order valence-corrected chi connectivity index (χ3v) is 4.25. The number of nitrogens with one attached hydrogen (secondary N) is 1. The first kappa shape index (κ1) is 17.9.